The predicted molar refractivity (Wildman–Crippen MR) is 77.7 cm³/mol. The van der Waals surface area contributed by atoms with Gasteiger partial charge in [0, 0.05) is 6.42 Å². The molecular weight excluding hydrogens is 275 g/mol. The summed E-state index contributed by atoms with van der Waals surface area (Å²) in [4.78, 5) is 10.7. The average Bonchev–Trinajstić information content (AvgIpc) is 2.65. The van der Waals surface area contributed by atoms with E-state index in [1.54, 1.807) is 0 Å². The van der Waals surface area contributed by atoms with Gasteiger partial charge in [-0.2, -0.15) is 5.10 Å². The van der Waals surface area contributed by atoms with Gasteiger partial charge in [-0.05, 0) is 29.7 Å². The van der Waals surface area contributed by atoms with Crippen LogP contribution in [0.2, 0.25) is 0 Å². The molecule has 0 radical (unpaired) electrons. The Bertz CT molecular complexity index is 672. The van der Waals surface area contributed by atoms with Gasteiger partial charge in [0.2, 0.25) is 5.82 Å². The molecule has 0 saturated heterocycles. The van der Waals surface area contributed by atoms with Crippen molar-refractivity contribution in [3.05, 3.63) is 45.9 Å². The Morgan fingerprint density at radius 1 is 1.33 bits per heavy atom. The highest BCUT2D eigenvalue weighted by Crippen LogP contribution is 2.32. The van der Waals surface area contributed by atoms with Crippen molar-refractivity contribution >= 4 is 11.5 Å². The molecule has 1 heterocycles. The molecule has 0 spiro atoms. The fraction of sp³-hybridized carbons (Fsp3) is 0.357. The predicted octanol–water partition coefficient (Wildman–Crippen LogP) is 3.09. The number of halogens is 1. The Labute approximate surface area is 121 Å². The van der Waals surface area contributed by atoms with Crippen LogP contribution in [-0.4, -0.2) is 14.7 Å². The zero-order valence-electron chi connectivity index (χ0n) is 12.1. The van der Waals surface area contributed by atoms with Gasteiger partial charge in [-0.15, -0.1) is 0 Å². The first-order valence-electron chi connectivity index (χ1n) is 6.47. The molecule has 7 heteroatoms. The Kier molecular flexibility index (Phi) is 3.67. The molecule has 112 valence electrons. The van der Waals surface area contributed by atoms with Crippen LogP contribution in [0.15, 0.2) is 24.3 Å². The molecule has 1 aromatic heterocycles. The number of hydrogen-bond donors (Lipinski definition) is 1. The number of nitrogens with two attached hydrogens (primary N) is 1. The molecule has 0 aliphatic rings. The van der Waals surface area contributed by atoms with Gasteiger partial charge in [-0.3, -0.25) is 10.1 Å². The molecule has 6 nitrogen and oxygen atoms in total. The van der Waals surface area contributed by atoms with Gasteiger partial charge in [0.1, 0.15) is 11.5 Å². The molecule has 21 heavy (non-hydrogen) atoms. The molecule has 0 amide bonds. The summed E-state index contributed by atoms with van der Waals surface area (Å²) in [5.41, 5.74) is 6.32. The van der Waals surface area contributed by atoms with Crippen molar-refractivity contribution in [2.45, 2.75) is 27.2 Å². The first-order valence-corrected chi connectivity index (χ1v) is 6.47. The Balaban J connectivity index is 2.56. The summed E-state index contributed by atoms with van der Waals surface area (Å²) in [6, 6.07) is 5.46. The number of rotatable bonds is 3. The standard InChI is InChI=1S/C14H17FN4O2/c1-14(2,3)8-11-12(19(20)21)13(16)18(17-11)10-6-4-9(15)5-7-10/h4-7H,8,16H2,1-3H3. The molecule has 2 N–H and O–H groups in total. The topological polar surface area (TPSA) is 87.0 Å². The third-order valence-electron chi connectivity index (χ3n) is 2.92. The van der Waals surface area contributed by atoms with Crippen LogP contribution in [0.5, 0.6) is 0 Å². The molecule has 0 saturated carbocycles. The van der Waals surface area contributed by atoms with Crippen molar-refractivity contribution in [1.29, 1.82) is 0 Å². The minimum atomic E-state index is -0.524. The van der Waals surface area contributed by atoms with E-state index in [1.807, 2.05) is 20.8 Å². The number of anilines is 1. The van der Waals surface area contributed by atoms with E-state index in [0.29, 0.717) is 17.8 Å². The lowest BCUT2D eigenvalue weighted by Crippen LogP contribution is -2.11. The fourth-order valence-corrected chi connectivity index (χ4v) is 2.07. The lowest BCUT2D eigenvalue weighted by Gasteiger charge is -2.15. The summed E-state index contributed by atoms with van der Waals surface area (Å²) in [7, 11) is 0. The second-order valence-corrected chi connectivity index (χ2v) is 6.06. The van der Waals surface area contributed by atoms with E-state index in [9.17, 15) is 14.5 Å². The van der Waals surface area contributed by atoms with Crippen LogP contribution in [0.4, 0.5) is 15.9 Å². The number of nitrogen functional groups attached to an aromatic ring is 1. The van der Waals surface area contributed by atoms with Gasteiger partial charge in [0.15, 0.2) is 0 Å². The number of aromatic nitrogens is 2. The van der Waals surface area contributed by atoms with Crippen molar-refractivity contribution in [3.63, 3.8) is 0 Å². The van der Waals surface area contributed by atoms with E-state index in [4.69, 9.17) is 5.73 Å². The van der Waals surface area contributed by atoms with Gasteiger partial charge < -0.3 is 5.73 Å². The molecule has 0 aliphatic carbocycles. The third-order valence-corrected chi connectivity index (χ3v) is 2.92. The average molecular weight is 292 g/mol. The summed E-state index contributed by atoms with van der Waals surface area (Å²) in [5.74, 6) is -0.445. The molecule has 0 unspecified atom stereocenters. The summed E-state index contributed by atoms with van der Waals surface area (Å²) in [6.45, 7) is 5.89. The quantitative estimate of drug-likeness (QED) is 0.695. The smallest absolute Gasteiger partial charge is 0.334 e. The molecule has 0 aliphatic heterocycles. The zero-order valence-corrected chi connectivity index (χ0v) is 12.1. The zero-order chi connectivity index (χ0) is 15.8. The summed E-state index contributed by atoms with van der Waals surface area (Å²) < 4.78 is 14.2. The largest absolute Gasteiger partial charge is 0.378 e. The van der Waals surface area contributed by atoms with E-state index >= 15 is 0 Å². The van der Waals surface area contributed by atoms with E-state index in [2.05, 4.69) is 5.10 Å². The third kappa shape index (κ3) is 3.18. The molecule has 1 aromatic carbocycles. The van der Waals surface area contributed by atoms with Gasteiger partial charge in [0.25, 0.3) is 0 Å². The van der Waals surface area contributed by atoms with Crippen LogP contribution in [0.25, 0.3) is 5.69 Å². The van der Waals surface area contributed by atoms with Crippen molar-refractivity contribution in [2.24, 2.45) is 5.41 Å². The fourth-order valence-electron chi connectivity index (χ4n) is 2.07. The van der Waals surface area contributed by atoms with E-state index in [-0.39, 0.29) is 16.9 Å². The SMILES string of the molecule is CC(C)(C)Cc1nn(-c2ccc(F)cc2)c(N)c1[N+](=O)[O-]. The maximum absolute atomic E-state index is 13.0. The van der Waals surface area contributed by atoms with Crippen LogP contribution in [0.1, 0.15) is 26.5 Å². The highest BCUT2D eigenvalue weighted by Gasteiger charge is 2.29. The maximum Gasteiger partial charge on any atom is 0.334 e. The minimum absolute atomic E-state index is 0.0501. The van der Waals surface area contributed by atoms with Crippen molar-refractivity contribution < 1.29 is 9.31 Å². The lowest BCUT2D eigenvalue weighted by atomic mass is 9.90. The van der Waals surface area contributed by atoms with Crippen LogP contribution >= 0.6 is 0 Å². The van der Waals surface area contributed by atoms with Crippen molar-refractivity contribution in [3.8, 4) is 5.69 Å². The van der Waals surface area contributed by atoms with Crippen LogP contribution < -0.4 is 5.73 Å². The monoisotopic (exact) mass is 292 g/mol. The normalized spacial score (nSPS) is 11.6. The van der Waals surface area contributed by atoms with Crippen molar-refractivity contribution in [1.82, 2.24) is 9.78 Å². The molecule has 2 rings (SSSR count). The first-order chi connectivity index (χ1) is 9.69. The van der Waals surface area contributed by atoms with Gasteiger partial charge in [-0.1, -0.05) is 20.8 Å². The number of nitro groups is 1. The lowest BCUT2D eigenvalue weighted by molar-refractivity contribution is -0.384. The Morgan fingerprint density at radius 2 is 1.90 bits per heavy atom. The summed E-state index contributed by atoms with van der Waals surface area (Å²) in [6.07, 6.45) is 0.418. The second-order valence-electron chi connectivity index (χ2n) is 6.06. The Hall–Kier alpha value is -2.44. The highest BCUT2D eigenvalue weighted by molar-refractivity contribution is 5.60. The van der Waals surface area contributed by atoms with E-state index in [0.717, 1.165) is 0 Å². The first kappa shape index (κ1) is 15.0. The Morgan fingerprint density at radius 3 is 2.38 bits per heavy atom. The van der Waals surface area contributed by atoms with Crippen LogP contribution in [0.3, 0.4) is 0 Å². The van der Waals surface area contributed by atoms with E-state index in [1.165, 1.54) is 28.9 Å². The minimum Gasteiger partial charge on any atom is -0.378 e. The molecule has 0 bridgehead atoms. The van der Waals surface area contributed by atoms with E-state index < -0.39 is 10.7 Å². The van der Waals surface area contributed by atoms with Gasteiger partial charge >= 0.3 is 5.69 Å². The van der Waals surface area contributed by atoms with Gasteiger partial charge in [-0.25, -0.2) is 9.07 Å². The van der Waals surface area contributed by atoms with Crippen LogP contribution in [-0.2, 0) is 6.42 Å². The summed E-state index contributed by atoms with van der Waals surface area (Å²) in [5, 5.41) is 15.5. The van der Waals surface area contributed by atoms with Crippen molar-refractivity contribution in [2.75, 3.05) is 5.73 Å². The second kappa shape index (κ2) is 5.16. The summed E-state index contributed by atoms with van der Waals surface area (Å²) >= 11 is 0. The van der Waals surface area contributed by atoms with Crippen LogP contribution in [0, 0.1) is 21.3 Å². The highest BCUT2D eigenvalue weighted by atomic mass is 19.1. The maximum atomic E-state index is 13.0. The molecular formula is C14H17FN4O2. The van der Waals surface area contributed by atoms with Gasteiger partial charge in [0.05, 0.1) is 10.6 Å². The number of hydrogen-bond acceptors (Lipinski definition) is 4. The number of benzene rings is 1. The number of nitrogens with zero attached hydrogens (tertiary/aromatic N) is 3. The molecule has 0 atom stereocenters. The molecule has 0 fully saturated rings. The molecule has 2 aromatic rings.